The van der Waals surface area contributed by atoms with Gasteiger partial charge in [0, 0.05) is 0 Å². The van der Waals surface area contributed by atoms with Crippen LogP contribution in [-0.2, 0) is 0 Å². The van der Waals surface area contributed by atoms with Crippen LogP contribution in [0.15, 0.2) is 20.6 Å². The third-order valence-electron chi connectivity index (χ3n) is 2.95. The van der Waals surface area contributed by atoms with Gasteiger partial charge in [0.2, 0.25) is 0 Å². The van der Waals surface area contributed by atoms with Crippen LogP contribution >= 0.6 is 0 Å². The zero-order valence-electron chi connectivity index (χ0n) is 11.8. The monoisotopic (exact) mass is 286 g/mol. The van der Waals surface area contributed by atoms with Crippen molar-refractivity contribution in [1.29, 1.82) is 0 Å². The minimum absolute atomic E-state index is 0.303. The lowest BCUT2D eigenvalue weighted by molar-refractivity contribution is 0.312. The van der Waals surface area contributed by atoms with E-state index in [1.165, 1.54) is 0 Å². The van der Waals surface area contributed by atoms with Crippen LogP contribution in [0.25, 0.3) is 0 Å². The van der Waals surface area contributed by atoms with E-state index in [2.05, 4.69) is 20.6 Å². The fourth-order valence-corrected chi connectivity index (χ4v) is 1.66. The van der Waals surface area contributed by atoms with Gasteiger partial charge in [-0.05, 0) is 39.5 Å². The molecule has 0 aliphatic rings. The number of unbranched alkanes of at least 4 members (excludes halogenated alkanes) is 3. The molecule has 0 spiro atoms. The summed E-state index contributed by atoms with van der Waals surface area (Å²) in [5.74, 6) is 0. The summed E-state index contributed by atoms with van der Waals surface area (Å²) in [6.07, 6.45) is 4.45. The van der Waals surface area contributed by atoms with E-state index in [9.17, 15) is 0 Å². The van der Waals surface area contributed by atoms with Gasteiger partial charge in [-0.2, -0.15) is 0 Å². The highest BCUT2D eigenvalue weighted by atomic mass is 16.4. The second kappa shape index (κ2) is 10.8. The summed E-state index contributed by atoms with van der Waals surface area (Å²) in [6.45, 7) is 3.13. The largest absolute Gasteiger partial charge is 0.411 e. The van der Waals surface area contributed by atoms with Crippen molar-refractivity contribution >= 4 is 22.8 Å². The van der Waals surface area contributed by atoms with Gasteiger partial charge in [0.1, 0.15) is 22.8 Å². The molecule has 0 amide bonds. The molecule has 4 N–H and O–H groups in total. The van der Waals surface area contributed by atoms with Crippen LogP contribution in [0.2, 0.25) is 0 Å². The Morgan fingerprint density at radius 1 is 0.600 bits per heavy atom. The van der Waals surface area contributed by atoms with Crippen molar-refractivity contribution in [2.24, 2.45) is 20.6 Å². The average Bonchev–Trinajstić information content (AvgIpc) is 2.48. The predicted octanol–water partition coefficient (Wildman–Crippen LogP) is 2.69. The van der Waals surface area contributed by atoms with E-state index in [0.717, 1.165) is 25.7 Å². The molecule has 0 aromatic rings. The van der Waals surface area contributed by atoms with Gasteiger partial charge in [0.05, 0.1) is 0 Å². The van der Waals surface area contributed by atoms with Gasteiger partial charge in [0.25, 0.3) is 0 Å². The molecule has 0 aliphatic heterocycles. The molecule has 0 radical (unpaired) electrons. The second-order valence-electron chi connectivity index (χ2n) is 4.38. The molecule has 0 heterocycles. The normalized spacial score (nSPS) is 14.7. The SMILES string of the molecule is CC(=NO)C(CCCCCCC(=NO)C(C)=NO)=NO. The zero-order chi connectivity index (χ0) is 15.4. The lowest BCUT2D eigenvalue weighted by Gasteiger charge is -2.04. The van der Waals surface area contributed by atoms with Crippen molar-refractivity contribution in [2.45, 2.75) is 52.4 Å². The maximum absolute atomic E-state index is 8.74. The second-order valence-corrected chi connectivity index (χ2v) is 4.38. The number of rotatable bonds is 9. The minimum atomic E-state index is 0.303. The molecule has 8 nitrogen and oxygen atoms in total. The van der Waals surface area contributed by atoms with E-state index in [4.69, 9.17) is 20.8 Å². The average molecular weight is 286 g/mol. The molecule has 114 valence electrons. The molecule has 0 atom stereocenters. The number of nitrogens with zero attached hydrogens (tertiary/aromatic N) is 4. The van der Waals surface area contributed by atoms with Crippen molar-refractivity contribution in [3.05, 3.63) is 0 Å². The van der Waals surface area contributed by atoms with Crippen molar-refractivity contribution in [1.82, 2.24) is 0 Å². The van der Waals surface area contributed by atoms with Crippen LogP contribution in [0.5, 0.6) is 0 Å². The Morgan fingerprint density at radius 2 is 0.950 bits per heavy atom. The summed E-state index contributed by atoms with van der Waals surface area (Å²) in [5, 5.41) is 46.7. The maximum atomic E-state index is 8.74. The highest BCUT2D eigenvalue weighted by Gasteiger charge is 2.07. The molecular weight excluding hydrogens is 264 g/mol. The molecule has 0 unspecified atom stereocenters. The van der Waals surface area contributed by atoms with E-state index in [0.29, 0.717) is 35.7 Å². The zero-order valence-corrected chi connectivity index (χ0v) is 11.8. The molecule has 0 saturated heterocycles. The molecule has 8 heteroatoms. The van der Waals surface area contributed by atoms with Crippen LogP contribution in [0.3, 0.4) is 0 Å². The Hall–Kier alpha value is -2.12. The third kappa shape index (κ3) is 6.72. The Morgan fingerprint density at radius 3 is 1.20 bits per heavy atom. The van der Waals surface area contributed by atoms with E-state index in [1.807, 2.05) is 0 Å². The van der Waals surface area contributed by atoms with E-state index in [1.54, 1.807) is 13.8 Å². The number of oxime groups is 4. The van der Waals surface area contributed by atoms with E-state index < -0.39 is 0 Å². The summed E-state index contributed by atoms with van der Waals surface area (Å²) in [4.78, 5) is 0. The van der Waals surface area contributed by atoms with Crippen LogP contribution < -0.4 is 0 Å². The molecular formula is C12H22N4O4. The first-order valence-corrected chi connectivity index (χ1v) is 6.40. The fourth-order valence-electron chi connectivity index (χ4n) is 1.66. The quantitative estimate of drug-likeness (QED) is 0.224. The molecule has 20 heavy (non-hydrogen) atoms. The fraction of sp³-hybridized carbons (Fsp3) is 0.667. The number of hydrogen-bond donors (Lipinski definition) is 4. The first kappa shape index (κ1) is 17.9. The van der Waals surface area contributed by atoms with E-state index >= 15 is 0 Å². The van der Waals surface area contributed by atoms with Gasteiger partial charge in [0.15, 0.2) is 0 Å². The van der Waals surface area contributed by atoms with Crippen LogP contribution in [0, 0.1) is 0 Å². The van der Waals surface area contributed by atoms with Gasteiger partial charge in [-0.25, -0.2) is 0 Å². The van der Waals surface area contributed by atoms with Crippen molar-refractivity contribution < 1.29 is 20.8 Å². The third-order valence-corrected chi connectivity index (χ3v) is 2.95. The molecule has 0 aromatic heterocycles. The minimum Gasteiger partial charge on any atom is -0.411 e. The van der Waals surface area contributed by atoms with Gasteiger partial charge < -0.3 is 20.8 Å². The highest BCUT2D eigenvalue weighted by Crippen LogP contribution is 2.08. The summed E-state index contributed by atoms with van der Waals surface area (Å²) >= 11 is 0. The molecule has 0 aliphatic carbocycles. The van der Waals surface area contributed by atoms with Gasteiger partial charge in [-0.1, -0.05) is 33.5 Å². The summed E-state index contributed by atoms with van der Waals surface area (Å²) in [7, 11) is 0. The van der Waals surface area contributed by atoms with Crippen LogP contribution in [0.1, 0.15) is 52.4 Å². The summed E-state index contributed by atoms with van der Waals surface area (Å²) in [5.41, 5.74) is 1.34. The Kier molecular flexibility index (Phi) is 9.63. The smallest absolute Gasteiger partial charge is 0.104 e. The number of hydrogen-bond acceptors (Lipinski definition) is 8. The predicted molar refractivity (Wildman–Crippen MR) is 75.9 cm³/mol. The molecule has 0 aromatic carbocycles. The van der Waals surface area contributed by atoms with E-state index in [-0.39, 0.29) is 0 Å². The van der Waals surface area contributed by atoms with Gasteiger partial charge in [-0.15, -0.1) is 0 Å². The first-order chi connectivity index (χ1) is 9.60. The Labute approximate surface area is 117 Å². The maximum Gasteiger partial charge on any atom is 0.104 e. The topological polar surface area (TPSA) is 130 Å². The summed E-state index contributed by atoms with van der Waals surface area (Å²) in [6, 6.07) is 0. The Balaban J connectivity index is 3.89. The molecule has 0 rings (SSSR count). The van der Waals surface area contributed by atoms with Crippen molar-refractivity contribution in [3.8, 4) is 0 Å². The lowest BCUT2D eigenvalue weighted by Crippen LogP contribution is -2.11. The van der Waals surface area contributed by atoms with Crippen molar-refractivity contribution in [3.63, 3.8) is 0 Å². The lowest BCUT2D eigenvalue weighted by atomic mass is 10.0. The standard InChI is InChI=1S/C12H22N4O4/c1-9(13-17)11(15-19)7-5-3-4-6-8-12(16-20)10(2)14-18/h17-20H,3-8H2,1-2H3. The first-order valence-electron chi connectivity index (χ1n) is 6.40. The summed E-state index contributed by atoms with van der Waals surface area (Å²) < 4.78 is 0. The molecule has 0 bridgehead atoms. The Bertz CT molecular complexity index is 364. The van der Waals surface area contributed by atoms with Gasteiger partial charge in [-0.3, -0.25) is 0 Å². The molecule has 0 saturated carbocycles. The van der Waals surface area contributed by atoms with Crippen LogP contribution in [0.4, 0.5) is 0 Å². The highest BCUT2D eigenvalue weighted by molar-refractivity contribution is 6.41. The van der Waals surface area contributed by atoms with Crippen LogP contribution in [-0.4, -0.2) is 43.7 Å². The molecule has 0 fully saturated rings. The van der Waals surface area contributed by atoms with Gasteiger partial charge >= 0.3 is 0 Å². The van der Waals surface area contributed by atoms with Crippen molar-refractivity contribution in [2.75, 3.05) is 0 Å².